The Kier molecular flexibility index (Phi) is 9.92. The van der Waals surface area contributed by atoms with Gasteiger partial charge in [-0.05, 0) is 98.6 Å². The Morgan fingerprint density at radius 3 is 2.27 bits per heavy atom. The van der Waals surface area contributed by atoms with Crippen LogP contribution in [0.25, 0.3) is 0 Å². The van der Waals surface area contributed by atoms with Gasteiger partial charge in [0.2, 0.25) is 5.91 Å². The highest BCUT2D eigenvalue weighted by atomic mass is 32.1. The van der Waals surface area contributed by atoms with Crippen molar-refractivity contribution in [1.82, 2.24) is 5.32 Å². The molecule has 0 fully saturated rings. The van der Waals surface area contributed by atoms with Crippen LogP contribution >= 0.6 is 12.2 Å². The second kappa shape index (κ2) is 13.0. The highest BCUT2D eigenvalue weighted by Gasteiger charge is 2.30. The standard InChI is InChI=1S/C30H32F3N3O3S/c1-19-9-10-20(2)25(17-19)39-16-6-15-29(3,4)27(38)36-28(40)35-23-13-11-21(12-14-23)26(37)34-24-8-5-7-22(18-24)30(31,32)33/h5,7-14,17-18H,6,15-16H2,1-4H3,(H,34,37)(H2,35,36,38,40). The fourth-order valence-electron chi connectivity index (χ4n) is 3.79. The third kappa shape index (κ3) is 8.81. The molecule has 0 heterocycles. The summed E-state index contributed by atoms with van der Waals surface area (Å²) in [7, 11) is 0. The maximum Gasteiger partial charge on any atom is 0.416 e. The van der Waals surface area contributed by atoms with Crippen LogP contribution < -0.4 is 20.7 Å². The van der Waals surface area contributed by atoms with Crippen molar-refractivity contribution in [2.45, 2.75) is 46.7 Å². The van der Waals surface area contributed by atoms with Gasteiger partial charge in [0.15, 0.2) is 5.11 Å². The van der Waals surface area contributed by atoms with Crippen LogP contribution in [0.5, 0.6) is 5.75 Å². The van der Waals surface area contributed by atoms with Crippen molar-refractivity contribution in [2.24, 2.45) is 5.41 Å². The summed E-state index contributed by atoms with van der Waals surface area (Å²) in [6.07, 6.45) is -3.24. The Morgan fingerprint density at radius 1 is 0.900 bits per heavy atom. The third-order valence-electron chi connectivity index (χ3n) is 6.24. The molecule has 0 aliphatic rings. The molecule has 40 heavy (non-hydrogen) atoms. The van der Waals surface area contributed by atoms with Crippen molar-refractivity contribution in [1.29, 1.82) is 0 Å². The van der Waals surface area contributed by atoms with Gasteiger partial charge in [-0.25, -0.2) is 0 Å². The lowest BCUT2D eigenvalue weighted by molar-refractivity contribution is -0.137. The third-order valence-corrected chi connectivity index (χ3v) is 6.45. The van der Waals surface area contributed by atoms with Crippen LogP contribution in [0.4, 0.5) is 24.5 Å². The van der Waals surface area contributed by atoms with E-state index in [4.69, 9.17) is 17.0 Å². The van der Waals surface area contributed by atoms with Crippen LogP contribution in [0.15, 0.2) is 66.7 Å². The van der Waals surface area contributed by atoms with E-state index in [-0.39, 0.29) is 22.3 Å². The van der Waals surface area contributed by atoms with Gasteiger partial charge in [0.25, 0.3) is 5.91 Å². The minimum absolute atomic E-state index is 0.0328. The molecule has 3 aromatic rings. The van der Waals surface area contributed by atoms with Crippen molar-refractivity contribution < 1.29 is 27.5 Å². The molecule has 3 aromatic carbocycles. The first kappa shape index (κ1) is 30.6. The second-order valence-corrected chi connectivity index (χ2v) is 10.5. The maximum atomic E-state index is 12.9. The Hall–Kier alpha value is -3.92. The number of carbonyl (C=O) groups excluding carboxylic acids is 2. The first-order valence-corrected chi connectivity index (χ1v) is 13.1. The van der Waals surface area contributed by atoms with E-state index in [1.165, 1.54) is 24.3 Å². The maximum absolute atomic E-state index is 12.9. The normalized spacial score (nSPS) is 11.5. The van der Waals surface area contributed by atoms with Crippen molar-refractivity contribution >= 4 is 40.5 Å². The number of carbonyl (C=O) groups is 2. The molecule has 0 aliphatic carbocycles. The van der Waals surface area contributed by atoms with Crippen LogP contribution in [0.3, 0.4) is 0 Å². The number of thiocarbonyl (C=S) groups is 1. The average Bonchev–Trinajstić information content (AvgIpc) is 2.88. The van der Waals surface area contributed by atoms with Gasteiger partial charge in [0.1, 0.15) is 5.75 Å². The Balaban J connectivity index is 1.47. The monoisotopic (exact) mass is 571 g/mol. The number of ether oxygens (including phenoxy) is 1. The van der Waals surface area contributed by atoms with Crippen LogP contribution in [0.2, 0.25) is 0 Å². The van der Waals surface area contributed by atoms with Crippen LogP contribution in [-0.2, 0) is 11.0 Å². The van der Waals surface area contributed by atoms with E-state index in [0.29, 0.717) is 25.1 Å². The molecule has 0 spiro atoms. The molecule has 0 saturated carbocycles. The van der Waals surface area contributed by atoms with Gasteiger partial charge in [0.05, 0.1) is 12.2 Å². The minimum atomic E-state index is -4.51. The minimum Gasteiger partial charge on any atom is -0.493 e. The van der Waals surface area contributed by atoms with Crippen molar-refractivity contribution in [3.05, 3.63) is 89.0 Å². The van der Waals surface area contributed by atoms with Crippen LogP contribution in [0.1, 0.15) is 53.7 Å². The molecule has 2 amide bonds. The molecule has 6 nitrogen and oxygen atoms in total. The van der Waals surface area contributed by atoms with E-state index >= 15 is 0 Å². The van der Waals surface area contributed by atoms with Gasteiger partial charge >= 0.3 is 6.18 Å². The summed E-state index contributed by atoms with van der Waals surface area (Å²) in [6.45, 7) is 8.15. The van der Waals surface area contributed by atoms with Crippen molar-refractivity contribution in [2.75, 3.05) is 17.2 Å². The highest BCUT2D eigenvalue weighted by Crippen LogP contribution is 2.31. The zero-order valence-corrected chi connectivity index (χ0v) is 23.6. The van der Waals surface area contributed by atoms with Crippen LogP contribution in [0, 0.1) is 19.3 Å². The Morgan fingerprint density at radius 2 is 1.60 bits per heavy atom. The summed E-state index contributed by atoms with van der Waals surface area (Å²) in [5.41, 5.74) is 1.43. The van der Waals surface area contributed by atoms with Gasteiger partial charge in [0, 0.05) is 22.4 Å². The topological polar surface area (TPSA) is 79.5 Å². The molecule has 0 unspecified atom stereocenters. The van der Waals surface area contributed by atoms with Gasteiger partial charge < -0.3 is 20.7 Å². The molecule has 0 aliphatic heterocycles. The first-order chi connectivity index (χ1) is 18.7. The number of alkyl halides is 3. The van der Waals surface area contributed by atoms with Crippen LogP contribution in [-0.4, -0.2) is 23.5 Å². The lowest BCUT2D eigenvalue weighted by Crippen LogP contribution is -2.42. The van der Waals surface area contributed by atoms with Gasteiger partial charge in [-0.15, -0.1) is 0 Å². The highest BCUT2D eigenvalue weighted by molar-refractivity contribution is 7.80. The number of benzene rings is 3. The summed E-state index contributed by atoms with van der Waals surface area (Å²) in [5.74, 6) is 0.0330. The number of halogens is 3. The molecule has 10 heteroatoms. The van der Waals surface area contributed by atoms with E-state index in [2.05, 4.69) is 16.0 Å². The molecular formula is C30H32F3N3O3S. The molecule has 0 atom stereocenters. The number of amides is 2. The van der Waals surface area contributed by atoms with E-state index in [1.807, 2.05) is 45.9 Å². The fourth-order valence-corrected chi connectivity index (χ4v) is 4.00. The smallest absolute Gasteiger partial charge is 0.416 e. The predicted molar refractivity (Wildman–Crippen MR) is 155 cm³/mol. The molecule has 0 saturated heterocycles. The summed E-state index contributed by atoms with van der Waals surface area (Å²) >= 11 is 5.28. The predicted octanol–water partition coefficient (Wildman–Crippen LogP) is 7.27. The van der Waals surface area contributed by atoms with Crippen molar-refractivity contribution in [3.63, 3.8) is 0 Å². The number of nitrogens with one attached hydrogen (secondary N) is 3. The quantitative estimate of drug-likeness (QED) is 0.186. The summed E-state index contributed by atoms with van der Waals surface area (Å²) in [6, 6.07) is 16.6. The second-order valence-electron chi connectivity index (χ2n) is 10.1. The molecule has 3 N–H and O–H groups in total. The first-order valence-electron chi connectivity index (χ1n) is 12.7. The average molecular weight is 572 g/mol. The SMILES string of the molecule is Cc1ccc(C)c(OCCCC(C)(C)C(=O)NC(=S)Nc2ccc(C(=O)Nc3cccc(C(F)(F)F)c3)cc2)c1. The lowest BCUT2D eigenvalue weighted by Gasteiger charge is -2.24. The van der Waals surface area contributed by atoms with Gasteiger partial charge in [-0.2, -0.15) is 13.2 Å². The van der Waals surface area contributed by atoms with E-state index in [0.717, 1.165) is 29.0 Å². The number of rotatable bonds is 9. The molecule has 0 aromatic heterocycles. The molecule has 3 rings (SSSR count). The number of hydrogen-bond donors (Lipinski definition) is 3. The van der Waals surface area contributed by atoms with E-state index in [1.54, 1.807) is 12.1 Å². The number of aryl methyl sites for hydroxylation is 2. The fraction of sp³-hybridized carbons (Fsp3) is 0.300. The van der Waals surface area contributed by atoms with Gasteiger partial charge in [-0.1, -0.05) is 32.0 Å². The lowest BCUT2D eigenvalue weighted by atomic mass is 9.87. The summed E-state index contributed by atoms with van der Waals surface area (Å²) in [5, 5.41) is 8.16. The zero-order chi connectivity index (χ0) is 29.5. The molecule has 0 radical (unpaired) electrons. The number of hydrogen-bond acceptors (Lipinski definition) is 4. The molecular weight excluding hydrogens is 539 g/mol. The number of anilines is 2. The Bertz CT molecular complexity index is 1370. The largest absolute Gasteiger partial charge is 0.493 e. The molecule has 212 valence electrons. The van der Waals surface area contributed by atoms with E-state index in [9.17, 15) is 22.8 Å². The molecule has 0 bridgehead atoms. The van der Waals surface area contributed by atoms with Crippen molar-refractivity contribution in [3.8, 4) is 5.75 Å². The Labute approximate surface area is 237 Å². The summed E-state index contributed by atoms with van der Waals surface area (Å²) in [4.78, 5) is 25.3. The van der Waals surface area contributed by atoms with E-state index < -0.39 is 23.1 Å². The van der Waals surface area contributed by atoms with Gasteiger partial charge in [-0.3, -0.25) is 9.59 Å². The summed E-state index contributed by atoms with van der Waals surface area (Å²) < 4.78 is 44.6. The zero-order valence-electron chi connectivity index (χ0n) is 22.7.